The molecular formula is C11H12OS. The summed E-state index contributed by atoms with van der Waals surface area (Å²) in [6.45, 7) is 2.05. The van der Waals surface area contributed by atoms with E-state index >= 15 is 0 Å². The number of rotatable bonds is 2. The van der Waals surface area contributed by atoms with Crippen LogP contribution in [-0.2, 0) is 4.79 Å². The van der Waals surface area contributed by atoms with Gasteiger partial charge in [-0.1, -0.05) is 29.5 Å². The van der Waals surface area contributed by atoms with Crippen molar-refractivity contribution >= 4 is 16.9 Å². The minimum Gasteiger partial charge on any atom is -0.287 e. The Bertz CT molecular complexity index is 311. The van der Waals surface area contributed by atoms with Crippen molar-refractivity contribution in [1.29, 1.82) is 0 Å². The van der Waals surface area contributed by atoms with E-state index in [1.54, 1.807) is 0 Å². The van der Waals surface area contributed by atoms with Gasteiger partial charge < -0.3 is 0 Å². The summed E-state index contributed by atoms with van der Waals surface area (Å²) < 4.78 is 0. The van der Waals surface area contributed by atoms with Crippen LogP contribution in [0.3, 0.4) is 0 Å². The van der Waals surface area contributed by atoms with Gasteiger partial charge in [0.2, 0.25) is 0 Å². The van der Waals surface area contributed by atoms with Crippen molar-refractivity contribution < 1.29 is 4.79 Å². The van der Waals surface area contributed by atoms with Gasteiger partial charge in [0.05, 0.1) is 0 Å². The molecule has 0 heterocycles. The molecule has 1 aromatic rings. The standard InChI is InChI=1S/C11H12OS/c1-8-2-6-10(7-3-8)13-11(12)9-4-5-9/h2-3,6-7,9H,4-5H2,1H3. The zero-order chi connectivity index (χ0) is 9.26. The maximum atomic E-state index is 11.4. The van der Waals surface area contributed by atoms with Gasteiger partial charge in [-0.25, -0.2) is 0 Å². The third-order valence-electron chi connectivity index (χ3n) is 2.15. The molecule has 0 bridgehead atoms. The molecule has 0 saturated heterocycles. The zero-order valence-corrected chi connectivity index (χ0v) is 8.43. The third kappa shape index (κ3) is 2.34. The summed E-state index contributed by atoms with van der Waals surface area (Å²) in [6, 6.07) is 8.12. The van der Waals surface area contributed by atoms with E-state index in [0.29, 0.717) is 11.0 Å². The summed E-state index contributed by atoms with van der Waals surface area (Å²) in [4.78, 5) is 12.5. The monoisotopic (exact) mass is 192 g/mol. The Morgan fingerprint density at radius 1 is 1.31 bits per heavy atom. The second-order valence-corrected chi connectivity index (χ2v) is 4.59. The predicted octanol–water partition coefficient (Wildman–Crippen LogP) is 3.02. The van der Waals surface area contributed by atoms with E-state index in [1.165, 1.54) is 17.3 Å². The second-order valence-electron chi connectivity index (χ2n) is 3.51. The van der Waals surface area contributed by atoms with E-state index in [0.717, 1.165) is 17.7 Å². The Morgan fingerprint density at radius 2 is 1.92 bits per heavy atom. The number of hydrogen-bond acceptors (Lipinski definition) is 2. The van der Waals surface area contributed by atoms with Crippen molar-refractivity contribution in [2.45, 2.75) is 24.7 Å². The average Bonchev–Trinajstić information content (AvgIpc) is 2.91. The van der Waals surface area contributed by atoms with Gasteiger partial charge in [0.25, 0.3) is 0 Å². The molecule has 0 spiro atoms. The minimum atomic E-state index is 0.337. The first-order valence-electron chi connectivity index (χ1n) is 4.54. The quantitative estimate of drug-likeness (QED) is 0.670. The molecule has 1 aromatic carbocycles. The summed E-state index contributed by atoms with van der Waals surface area (Å²) in [7, 11) is 0. The van der Waals surface area contributed by atoms with Crippen LogP contribution in [0.2, 0.25) is 0 Å². The fraction of sp³-hybridized carbons (Fsp3) is 0.364. The topological polar surface area (TPSA) is 17.1 Å². The van der Waals surface area contributed by atoms with E-state index in [9.17, 15) is 4.79 Å². The Balaban J connectivity index is 2.00. The largest absolute Gasteiger partial charge is 0.287 e. The maximum Gasteiger partial charge on any atom is 0.196 e. The molecule has 1 aliphatic carbocycles. The fourth-order valence-corrected chi connectivity index (χ4v) is 2.03. The highest BCUT2D eigenvalue weighted by atomic mass is 32.2. The van der Waals surface area contributed by atoms with E-state index in [4.69, 9.17) is 0 Å². The molecule has 13 heavy (non-hydrogen) atoms. The minimum absolute atomic E-state index is 0.337. The lowest BCUT2D eigenvalue weighted by atomic mass is 10.2. The van der Waals surface area contributed by atoms with Gasteiger partial charge in [-0.3, -0.25) is 4.79 Å². The van der Waals surface area contributed by atoms with Gasteiger partial charge in [0.15, 0.2) is 5.12 Å². The van der Waals surface area contributed by atoms with Crippen molar-refractivity contribution in [3.8, 4) is 0 Å². The number of benzene rings is 1. The van der Waals surface area contributed by atoms with Crippen LogP contribution in [0.1, 0.15) is 18.4 Å². The van der Waals surface area contributed by atoms with Crippen LogP contribution < -0.4 is 0 Å². The first kappa shape index (κ1) is 8.82. The molecule has 0 radical (unpaired) electrons. The van der Waals surface area contributed by atoms with Crippen molar-refractivity contribution in [3.63, 3.8) is 0 Å². The molecule has 2 heteroatoms. The molecule has 1 fully saturated rings. The van der Waals surface area contributed by atoms with Crippen LogP contribution in [0.25, 0.3) is 0 Å². The zero-order valence-electron chi connectivity index (χ0n) is 7.62. The van der Waals surface area contributed by atoms with Crippen molar-refractivity contribution in [2.75, 3.05) is 0 Å². The second kappa shape index (κ2) is 3.54. The number of carbonyl (C=O) groups is 1. The van der Waals surface area contributed by atoms with E-state index in [-0.39, 0.29) is 0 Å². The lowest BCUT2D eigenvalue weighted by molar-refractivity contribution is -0.112. The molecule has 0 unspecified atom stereocenters. The maximum absolute atomic E-state index is 11.4. The summed E-state index contributed by atoms with van der Waals surface area (Å²) in [5.74, 6) is 0.353. The summed E-state index contributed by atoms with van der Waals surface area (Å²) in [5, 5.41) is 0.337. The fourth-order valence-electron chi connectivity index (χ4n) is 1.12. The number of thioether (sulfide) groups is 1. The number of hydrogen-bond donors (Lipinski definition) is 0. The normalized spacial score (nSPS) is 15.8. The van der Waals surface area contributed by atoms with Crippen LogP contribution in [0.5, 0.6) is 0 Å². The summed E-state index contributed by atoms with van der Waals surface area (Å²) in [6.07, 6.45) is 2.19. The van der Waals surface area contributed by atoms with Gasteiger partial charge in [0.1, 0.15) is 0 Å². The molecule has 2 rings (SSSR count). The molecule has 0 aliphatic heterocycles. The molecule has 68 valence electrons. The van der Waals surface area contributed by atoms with Gasteiger partial charge >= 0.3 is 0 Å². The lowest BCUT2D eigenvalue weighted by Crippen LogP contribution is -1.92. The molecule has 1 nitrogen and oxygen atoms in total. The number of carbonyl (C=O) groups excluding carboxylic acids is 1. The van der Waals surface area contributed by atoms with Gasteiger partial charge in [-0.05, 0) is 31.9 Å². The first-order valence-corrected chi connectivity index (χ1v) is 5.36. The highest BCUT2D eigenvalue weighted by Gasteiger charge is 2.29. The Morgan fingerprint density at radius 3 is 2.46 bits per heavy atom. The van der Waals surface area contributed by atoms with E-state index in [2.05, 4.69) is 6.92 Å². The summed E-state index contributed by atoms with van der Waals surface area (Å²) >= 11 is 1.38. The molecule has 0 amide bonds. The van der Waals surface area contributed by atoms with Crippen LogP contribution in [0.15, 0.2) is 29.2 Å². The van der Waals surface area contributed by atoms with Gasteiger partial charge in [-0.2, -0.15) is 0 Å². The van der Waals surface area contributed by atoms with Crippen molar-refractivity contribution in [3.05, 3.63) is 29.8 Å². The summed E-state index contributed by atoms with van der Waals surface area (Å²) in [5.41, 5.74) is 1.24. The Labute approximate surface area is 82.5 Å². The van der Waals surface area contributed by atoms with Crippen molar-refractivity contribution in [2.24, 2.45) is 5.92 Å². The predicted molar refractivity (Wildman–Crippen MR) is 54.8 cm³/mol. The SMILES string of the molecule is Cc1ccc(SC(=O)C2CC2)cc1. The van der Waals surface area contributed by atoms with Crippen LogP contribution in [-0.4, -0.2) is 5.12 Å². The molecule has 0 atom stereocenters. The first-order chi connectivity index (χ1) is 6.25. The van der Waals surface area contributed by atoms with Crippen molar-refractivity contribution in [1.82, 2.24) is 0 Å². The third-order valence-corrected chi connectivity index (χ3v) is 3.19. The van der Waals surface area contributed by atoms with Gasteiger partial charge in [0, 0.05) is 10.8 Å². The Kier molecular flexibility index (Phi) is 2.40. The highest BCUT2D eigenvalue weighted by molar-refractivity contribution is 8.13. The van der Waals surface area contributed by atoms with Crippen LogP contribution >= 0.6 is 11.8 Å². The average molecular weight is 192 g/mol. The molecular weight excluding hydrogens is 180 g/mol. The molecule has 1 saturated carbocycles. The van der Waals surface area contributed by atoms with Gasteiger partial charge in [-0.15, -0.1) is 0 Å². The Hall–Kier alpha value is -0.760. The molecule has 1 aliphatic rings. The lowest BCUT2D eigenvalue weighted by Gasteiger charge is -1.98. The molecule has 0 aromatic heterocycles. The van der Waals surface area contributed by atoms with Crippen LogP contribution in [0, 0.1) is 12.8 Å². The van der Waals surface area contributed by atoms with E-state index < -0.39 is 0 Å². The smallest absolute Gasteiger partial charge is 0.196 e. The van der Waals surface area contributed by atoms with Crippen LogP contribution in [0.4, 0.5) is 0 Å². The number of aryl methyl sites for hydroxylation is 1. The highest BCUT2D eigenvalue weighted by Crippen LogP contribution is 2.36. The van der Waals surface area contributed by atoms with E-state index in [1.807, 2.05) is 24.3 Å². The molecule has 0 N–H and O–H groups in total.